The summed E-state index contributed by atoms with van der Waals surface area (Å²) in [6.45, 7) is 5.45. The SMILES string of the molecule is CCC(CN)CCN(Cc1cccs1)C1CC1. The van der Waals surface area contributed by atoms with Gasteiger partial charge in [0, 0.05) is 17.5 Å². The lowest BCUT2D eigenvalue weighted by Gasteiger charge is -2.23. The first kappa shape index (κ1) is 13.1. The van der Waals surface area contributed by atoms with Gasteiger partial charge >= 0.3 is 0 Å². The largest absolute Gasteiger partial charge is 0.330 e. The van der Waals surface area contributed by atoms with Crippen LogP contribution >= 0.6 is 11.3 Å². The van der Waals surface area contributed by atoms with E-state index in [4.69, 9.17) is 5.73 Å². The van der Waals surface area contributed by atoms with E-state index in [0.717, 1.165) is 19.1 Å². The van der Waals surface area contributed by atoms with Gasteiger partial charge in [0.2, 0.25) is 0 Å². The molecule has 1 aliphatic carbocycles. The second kappa shape index (κ2) is 6.53. The highest BCUT2D eigenvalue weighted by Gasteiger charge is 2.29. The smallest absolute Gasteiger partial charge is 0.0330 e. The Hall–Kier alpha value is -0.380. The summed E-state index contributed by atoms with van der Waals surface area (Å²) >= 11 is 1.88. The number of nitrogens with zero attached hydrogens (tertiary/aromatic N) is 1. The van der Waals surface area contributed by atoms with Crippen molar-refractivity contribution in [1.29, 1.82) is 0 Å². The van der Waals surface area contributed by atoms with Crippen LogP contribution in [0.15, 0.2) is 17.5 Å². The van der Waals surface area contributed by atoms with Crippen molar-refractivity contribution in [2.75, 3.05) is 13.1 Å². The Morgan fingerprint density at radius 1 is 1.53 bits per heavy atom. The maximum atomic E-state index is 5.78. The lowest BCUT2D eigenvalue weighted by atomic mass is 10.0. The van der Waals surface area contributed by atoms with E-state index < -0.39 is 0 Å². The summed E-state index contributed by atoms with van der Waals surface area (Å²) in [6.07, 6.45) is 5.26. The first-order chi connectivity index (χ1) is 8.33. The van der Waals surface area contributed by atoms with Gasteiger partial charge in [-0.1, -0.05) is 19.4 Å². The van der Waals surface area contributed by atoms with Crippen molar-refractivity contribution in [1.82, 2.24) is 4.90 Å². The molecule has 3 heteroatoms. The average molecular weight is 252 g/mol. The molecule has 1 aromatic rings. The summed E-state index contributed by atoms with van der Waals surface area (Å²) in [6, 6.07) is 5.26. The zero-order valence-electron chi connectivity index (χ0n) is 10.8. The fourth-order valence-electron chi connectivity index (χ4n) is 2.27. The van der Waals surface area contributed by atoms with E-state index in [1.165, 1.54) is 37.1 Å². The van der Waals surface area contributed by atoms with Crippen LogP contribution in [0.5, 0.6) is 0 Å². The lowest BCUT2D eigenvalue weighted by molar-refractivity contribution is 0.235. The Labute approximate surface area is 109 Å². The van der Waals surface area contributed by atoms with Crippen LogP contribution in [0.25, 0.3) is 0 Å². The molecule has 0 saturated heterocycles. The van der Waals surface area contributed by atoms with E-state index in [1.54, 1.807) is 0 Å². The first-order valence-electron chi connectivity index (χ1n) is 6.80. The molecule has 0 amide bonds. The summed E-state index contributed by atoms with van der Waals surface area (Å²) in [7, 11) is 0. The zero-order valence-corrected chi connectivity index (χ0v) is 11.6. The highest BCUT2D eigenvalue weighted by molar-refractivity contribution is 7.09. The molecule has 1 aliphatic rings. The Bertz CT molecular complexity index is 302. The molecule has 0 spiro atoms. The van der Waals surface area contributed by atoms with Crippen molar-refractivity contribution in [3.63, 3.8) is 0 Å². The summed E-state index contributed by atoms with van der Waals surface area (Å²) in [4.78, 5) is 4.15. The molecular weight excluding hydrogens is 228 g/mol. The van der Waals surface area contributed by atoms with Crippen LogP contribution < -0.4 is 5.73 Å². The number of nitrogens with two attached hydrogens (primary N) is 1. The second-order valence-corrected chi connectivity index (χ2v) is 6.11. The Balaban J connectivity index is 1.81. The predicted octanol–water partition coefficient (Wildman–Crippen LogP) is 3.09. The van der Waals surface area contributed by atoms with Gasteiger partial charge in [-0.3, -0.25) is 4.90 Å². The van der Waals surface area contributed by atoms with Crippen LogP contribution in [0.3, 0.4) is 0 Å². The third kappa shape index (κ3) is 4.09. The second-order valence-electron chi connectivity index (χ2n) is 5.08. The van der Waals surface area contributed by atoms with Gasteiger partial charge in [0.15, 0.2) is 0 Å². The van der Waals surface area contributed by atoms with E-state index in [0.29, 0.717) is 5.92 Å². The minimum Gasteiger partial charge on any atom is -0.330 e. The van der Waals surface area contributed by atoms with Gasteiger partial charge < -0.3 is 5.73 Å². The highest BCUT2D eigenvalue weighted by Crippen LogP contribution is 2.29. The van der Waals surface area contributed by atoms with Crippen LogP contribution in [-0.4, -0.2) is 24.0 Å². The maximum absolute atomic E-state index is 5.78. The van der Waals surface area contributed by atoms with Crippen molar-refractivity contribution >= 4 is 11.3 Å². The van der Waals surface area contributed by atoms with Gasteiger partial charge in [-0.05, 0) is 49.7 Å². The molecule has 1 aromatic heterocycles. The summed E-state index contributed by atoms with van der Waals surface area (Å²) in [5.74, 6) is 0.708. The lowest BCUT2D eigenvalue weighted by Crippen LogP contribution is -2.29. The Kier molecular flexibility index (Phi) is 5.01. The minimum absolute atomic E-state index is 0.708. The Morgan fingerprint density at radius 3 is 2.88 bits per heavy atom. The molecule has 1 fully saturated rings. The number of rotatable bonds is 8. The molecule has 17 heavy (non-hydrogen) atoms. The summed E-state index contributed by atoms with van der Waals surface area (Å²) < 4.78 is 0. The molecule has 0 aromatic carbocycles. The predicted molar refractivity (Wildman–Crippen MR) is 75.2 cm³/mol. The van der Waals surface area contributed by atoms with Crippen molar-refractivity contribution in [2.45, 2.75) is 45.2 Å². The van der Waals surface area contributed by atoms with Crippen molar-refractivity contribution in [3.05, 3.63) is 22.4 Å². The molecule has 1 saturated carbocycles. The quantitative estimate of drug-likeness (QED) is 0.770. The molecule has 2 rings (SSSR count). The van der Waals surface area contributed by atoms with Gasteiger partial charge in [-0.2, -0.15) is 0 Å². The van der Waals surface area contributed by atoms with Crippen LogP contribution in [0, 0.1) is 5.92 Å². The van der Waals surface area contributed by atoms with Gasteiger partial charge in [-0.25, -0.2) is 0 Å². The molecule has 0 aliphatic heterocycles. The molecule has 2 nitrogen and oxygen atoms in total. The van der Waals surface area contributed by atoms with Crippen LogP contribution in [0.4, 0.5) is 0 Å². The maximum Gasteiger partial charge on any atom is 0.0330 e. The third-order valence-electron chi connectivity index (χ3n) is 3.74. The van der Waals surface area contributed by atoms with Crippen molar-refractivity contribution < 1.29 is 0 Å². The Morgan fingerprint density at radius 2 is 2.35 bits per heavy atom. The summed E-state index contributed by atoms with van der Waals surface area (Å²) in [5.41, 5.74) is 5.78. The van der Waals surface area contributed by atoms with E-state index in [-0.39, 0.29) is 0 Å². The monoisotopic (exact) mass is 252 g/mol. The molecule has 1 unspecified atom stereocenters. The van der Waals surface area contributed by atoms with Crippen LogP contribution in [0.1, 0.15) is 37.5 Å². The third-order valence-corrected chi connectivity index (χ3v) is 4.60. The van der Waals surface area contributed by atoms with Gasteiger partial charge in [0.05, 0.1) is 0 Å². The van der Waals surface area contributed by atoms with E-state index >= 15 is 0 Å². The molecule has 0 radical (unpaired) electrons. The van der Waals surface area contributed by atoms with Crippen LogP contribution in [0.2, 0.25) is 0 Å². The number of hydrogen-bond acceptors (Lipinski definition) is 3. The zero-order chi connectivity index (χ0) is 12.1. The van der Waals surface area contributed by atoms with Gasteiger partial charge in [0.1, 0.15) is 0 Å². The molecule has 1 atom stereocenters. The molecule has 0 bridgehead atoms. The van der Waals surface area contributed by atoms with Gasteiger partial charge in [-0.15, -0.1) is 11.3 Å². The molecule has 2 N–H and O–H groups in total. The molecule has 1 heterocycles. The molecule has 96 valence electrons. The highest BCUT2D eigenvalue weighted by atomic mass is 32.1. The number of hydrogen-bond donors (Lipinski definition) is 1. The fraction of sp³-hybridized carbons (Fsp3) is 0.714. The molecular formula is C14H24N2S. The van der Waals surface area contributed by atoms with E-state index in [1.807, 2.05) is 11.3 Å². The number of thiophene rings is 1. The average Bonchev–Trinajstić information content (AvgIpc) is 3.07. The van der Waals surface area contributed by atoms with Crippen molar-refractivity contribution in [2.24, 2.45) is 11.7 Å². The normalized spacial score (nSPS) is 17.6. The van der Waals surface area contributed by atoms with E-state index in [2.05, 4.69) is 29.3 Å². The van der Waals surface area contributed by atoms with Crippen LogP contribution in [-0.2, 0) is 6.54 Å². The van der Waals surface area contributed by atoms with E-state index in [9.17, 15) is 0 Å². The first-order valence-corrected chi connectivity index (χ1v) is 7.68. The topological polar surface area (TPSA) is 29.3 Å². The fourth-order valence-corrected chi connectivity index (χ4v) is 3.00. The van der Waals surface area contributed by atoms with Gasteiger partial charge in [0.25, 0.3) is 0 Å². The minimum atomic E-state index is 0.708. The van der Waals surface area contributed by atoms with Crippen molar-refractivity contribution in [3.8, 4) is 0 Å². The summed E-state index contributed by atoms with van der Waals surface area (Å²) in [5, 5.41) is 2.18. The standard InChI is InChI=1S/C14H24N2S/c1-2-12(10-15)7-8-16(13-5-6-13)11-14-4-3-9-17-14/h3-4,9,12-13H,2,5-8,10-11,15H2,1H3.